The van der Waals surface area contributed by atoms with E-state index in [4.69, 9.17) is 4.74 Å². The van der Waals surface area contributed by atoms with Crippen LogP contribution in [0, 0.1) is 5.92 Å². The number of rotatable bonds is 9. The summed E-state index contributed by atoms with van der Waals surface area (Å²) in [6.07, 6.45) is 4.93. The molecule has 0 heterocycles. The van der Waals surface area contributed by atoms with Gasteiger partial charge < -0.3 is 10.1 Å². The van der Waals surface area contributed by atoms with Crippen LogP contribution in [0.1, 0.15) is 46.5 Å². The normalized spacial score (nSPS) is 15.4. The molecular formula is C12H27NO. The van der Waals surface area contributed by atoms with Gasteiger partial charge in [0, 0.05) is 19.8 Å². The highest BCUT2D eigenvalue weighted by molar-refractivity contribution is 4.72. The summed E-state index contributed by atoms with van der Waals surface area (Å²) in [7, 11) is 1.78. The molecule has 0 saturated carbocycles. The van der Waals surface area contributed by atoms with Gasteiger partial charge in [-0.1, -0.05) is 27.2 Å². The molecule has 0 aliphatic rings. The molecule has 0 aromatic rings. The molecule has 2 heteroatoms. The number of ether oxygens (including phenoxy) is 1. The van der Waals surface area contributed by atoms with Crippen molar-refractivity contribution >= 4 is 0 Å². The molecule has 0 spiro atoms. The molecule has 0 bridgehead atoms. The van der Waals surface area contributed by atoms with Gasteiger partial charge in [-0.25, -0.2) is 0 Å². The lowest BCUT2D eigenvalue weighted by Gasteiger charge is -2.24. The molecule has 0 aliphatic heterocycles. The third kappa shape index (κ3) is 6.39. The third-order valence-corrected chi connectivity index (χ3v) is 2.72. The third-order valence-electron chi connectivity index (χ3n) is 2.72. The van der Waals surface area contributed by atoms with Crippen molar-refractivity contribution in [3.05, 3.63) is 0 Å². The molecule has 0 aromatic heterocycles. The first-order valence-corrected chi connectivity index (χ1v) is 5.98. The highest BCUT2D eigenvalue weighted by Crippen LogP contribution is 2.13. The van der Waals surface area contributed by atoms with Crippen molar-refractivity contribution in [1.82, 2.24) is 5.32 Å². The maximum Gasteiger partial charge on any atom is 0.0477 e. The fourth-order valence-electron chi connectivity index (χ4n) is 1.82. The minimum absolute atomic E-state index is 0.634. The monoisotopic (exact) mass is 201 g/mol. The van der Waals surface area contributed by atoms with E-state index in [9.17, 15) is 0 Å². The van der Waals surface area contributed by atoms with E-state index in [2.05, 4.69) is 26.1 Å². The molecule has 0 aliphatic carbocycles. The van der Waals surface area contributed by atoms with E-state index >= 15 is 0 Å². The van der Waals surface area contributed by atoms with Crippen LogP contribution in [0.25, 0.3) is 0 Å². The SMILES string of the molecule is CCCNC(CCOC)C(C)CCC. The molecule has 0 rings (SSSR count). The van der Waals surface area contributed by atoms with Crippen LogP contribution in [-0.2, 0) is 4.74 Å². The van der Waals surface area contributed by atoms with Gasteiger partial charge in [-0.3, -0.25) is 0 Å². The lowest BCUT2D eigenvalue weighted by molar-refractivity contribution is 0.170. The van der Waals surface area contributed by atoms with Gasteiger partial charge in [0.25, 0.3) is 0 Å². The predicted octanol–water partition coefficient (Wildman–Crippen LogP) is 2.83. The number of hydrogen-bond donors (Lipinski definition) is 1. The van der Waals surface area contributed by atoms with Crippen LogP contribution in [0.15, 0.2) is 0 Å². The zero-order chi connectivity index (χ0) is 10.8. The van der Waals surface area contributed by atoms with Crippen LogP contribution in [0.4, 0.5) is 0 Å². The van der Waals surface area contributed by atoms with Crippen molar-refractivity contribution in [2.45, 2.75) is 52.5 Å². The Bertz CT molecular complexity index is 109. The Morgan fingerprint density at radius 3 is 2.36 bits per heavy atom. The average Bonchev–Trinajstić information content (AvgIpc) is 2.18. The molecule has 0 radical (unpaired) electrons. The summed E-state index contributed by atoms with van der Waals surface area (Å²) in [5.41, 5.74) is 0. The van der Waals surface area contributed by atoms with Crippen LogP contribution in [0.3, 0.4) is 0 Å². The molecule has 2 unspecified atom stereocenters. The number of hydrogen-bond acceptors (Lipinski definition) is 2. The molecule has 1 N–H and O–H groups in total. The van der Waals surface area contributed by atoms with Crippen molar-refractivity contribution in [2.75, 3.05) is 20.3 Å². The Morgan fingerprint density at radius 2 is 1.86 bits per heavy atom. The van der Waals surface area contributed by atoms with E-state index in [1.807, 2.05) is 0 Å². The highest BCUT2D eigenvalue weighted by Gasteiger charge is 2.14. The highest BCUT2D eigenvalue weighted by atomic mass is 16.5. The van der Waals surface area contributed by atoms with Gasteiger partial charge in [0.2, 0.25) is 0 Å². The summed E-state index contributed by atoms with van der Waals surface area (Å²) in [5, 5.41) is 3.61. The van der Waals surface area contributed by atoms with Gasteiger partial charge >= 0.3 is 0 Å². The molecule has 2 nitrogen and oxygen atoms in total. The molecule has 0 saturated heterocycles. The van der Waals surface area contributed by atoms with Gasteiger partial charge in [-0.05, 0) is 31.7 Å². The maximum absolute atomic E-state index is 5.14. The van der Waals surface area contributed by atoms with Gasteiger partial charge in [0.1, 0.15) is 0 Å². The second-order valence-corrected chi connectivity index (χ2v) is 4.11. The van der Waals surface area contributed by atoms with Crippen LogP contribution < -0.4 is 5.32 Å². The minimum atomic E-state index is 0.634. The van der Waals surface area contributed by atoms with Crippen LogP contribution >= 0.6 is 0 Å². The Hall–Kier alpha value is -0.0800. The summed E-state index contributed by atoms with van der Waals surface area (Å²) >= 11 is 0. The first-order valence-electron chi connectivity index (χ1n) is 5.98. The lowest BCUT2D eigenvalue weighted by atomic mass is 9.94. The van der Waals surface area contributed by atoms with Crippen molar-refractivity contribution in [2.24, 2.45) is 5.92 Å². The summed E-state index contributed by atoms with van der Waals surface area (Å²) < 4.78 is 5.14. The van der Waals surface area contributed by atoms with E-state index in [0.717, 1.165) is 25.5 Å². The molecular weight excluding hydrogens is 174 g/mol. The minimum Gasteiger partial charge on any atom is -0.385 e. The van der Waals surface area contributed by atoms with Crippen LogP contribution in [0.5, 0.6) is 0 Å². The van der Waals surface area contributed by atoms with E-state index in [0.29, 0.717) is 6.04 Å². The quantitative estimate of drug-likeness (QED) is 0.619. The van der Waals surface area contributed by atoms with Crippen molar-refractivity contribution in [1.29, 1.82) is 0 Å². The van der Waals surface area contributed by atoms with E-state index < -0.39 is 0 Å². The first-order chi connectivity index (χ1) is 6.76. The lowest BCUT2D eigenvalue weighted by Crippen LogP contribution is -2.36. The molecule has 0 aromatic carbocycles. The van der Waals surface area contributed by atoms with Gasteiger partial charge in [-0.15, -0.1) is 0 Å². The second kappa shape index (κ2) is 9.47. The van der Waals surface area contributed by atoms with E-state index in [-0.39, 0.29) is 0 Å². The fraction of sp³-hybridized carbons (Fsp3) is 1.00. The van der Waals surface area contributed by atoms with Gasteiger partial charge in [0.15, 0.2) is 0 Å². The maximum atomic E-state index is 5.14. The number of nitrogens with one attached hydrogen (secondary N) is 1. The molecule has 14 heavy (non-hydrogen) atoms. The van der Waals surface area contributed by atoms with Gasteiger partial charge in [0.05, 0.1) is 0 Å². The zero-order valence-corrected chi connectivity index (χ0v) is 10.3. The van der Waals surface area contributed by atoms with Crippen molar-refractivity contribution < 1.29 is 4.74 Å². The number of methoxy groups -OCH3 is 1. The van der Waals surface area contributed by atoms with Crippen molar-refractivity contribution in [3.63, 3.8) is 0 Å². The zero-order valence-electron chi connectivity index (χ0n) is 10.3. The fourth-order valence-corrected chi connectivity index (χ4v) is 1.82. The summed E-state index contributed by atoms with van der Waals surface area (Å²) in [5.74, 6) is 0.765. The molecule has 86 valence electrons. The van der Waals surface area contributed by atoms with Crippen LogP contribution in [0.2, 0.25) is 0 Å². The smallest absolute Gasteiger partial charge is 0.0477 e. The Kier molecular flexibility index (Phi) is 9.42. The average molecular weight is 201 g/mol. The largest absolute Gasteiger partial charge is 0.385 e. The first kappa shape index (κ1) is 13.9. The topological polar surface area (TPSA) is 21.3 Å². The Morgan fingerprint density at radius 1 is 1.14 bits per heavy atom. The van der Waals surface area contributed by atoms with Gasteiger partial charge in [-0.2, -0.15) is 0 Å². The van der Waals surface area contributed by atoms with E-state index in [1.54, 1.807) is 7.11 Å². The van der Waals surface area contributed by atoms with Crippen molar-refractivity contribution in [3.8, 4) is 0 Å². The summed E-state index contributed by atoms with van der Waals surface area (Å²) in [4.78, 5) is 0. The molecule has 0 fully saturated rings. The Labute approximate surface area is 89.4 Å². The molecule has 0 amide bonds. The molecule has 2 atom stereocenters. The Balaban J connectivity index is 3.81. The predicted molar refractivity (Wildman–Crippen MR) is 62.6 cm³/mol. The standard InChI is InChI=1S/C12H27NO/c1-5-7-11(3)12(8-10-14-4)13-9-6-2/h11-13H,5-10H2,1-4H3. The summed E-state index contributed by atoms with van der Waals surface area (Å²) in [6.45, 7) is 8.80. The van der Waals surface area contributed by atoms with Crippen LogP contribution in [-0.4, -0.2) is 26.3 Å². The second-order valence-electron chi connectivity index (χ2n) is 4.11. The van der Waals surface area contributed by atoms with E-state index in [1.165, 1.54) is 19.3 Å². The summed E-state index contributed by atoms with van der Waals surface area (Å²) in [6, 6.07) is 0.634.